The van der Waals surface area contributed by atoms with Gasteiger partial charge < -0.3 is 14.5 Å². The van der Waals surface area contributed by atoms with E-state index >= 15 is 0 Å². The molecule has 110 valence electrons. The molecule has 2 heterocycles. The third-order valence-corrected chi connectivity index (χ3v) is 3.75. The van der Waals surface area contributed by atoms with Gasteiger partial charge in [-0.15, -0.1) is 0 Å². The number of hydrogen-bond acceptors (Lipinski definition) is 4. The average molecular weight is 280 g/mol. The fourth-order valence-electron chi connectivity index (χ4n) is 2.49. The summed E-state index contributed by atoms with van der Waals surface area (Å²) >= 11 is 0. The number of unbranched alkanes of at least 4 members (excludes halogenated alkanes) is 1. The Labute approximate surface area is 117 Å². The van der Waals surface area contributed by atoms with Crippen LogP contribution in [0.25, 0.3) is 0 Å². The van der Waals surface area contributed by atoms with E-state index in [0.717, 1.165) is 25.7 Å². The highest BCUT2D eigenvalue weighted by Gasteiger charge is 2.26. The van der Waals surface area contributed by atoms with E-state index in [-0.39, 0.29) is 17.6 Å². The first-order valence-electron chi connectivity index (χ1n) is 7.09. The number of carboxylic acid groups (broad SMARTS) is 1. The lowest BCUT2D eigenvalue weighted by molar-refractivity contribution is -0.132. The number of likely N-dealkylation sites (tertiary alicyclic amines) is 1. The maximum atomic E-state index is 11.9. The van der Waals surface area contributed by atoms with Crippen LogP contribution in [-0.2, 0) is 4.79 Å². The number of carbonyl (C=O) groups is 2. The lowest BCUT2D eigenvalue weighted by Crippen LogP contribution is -2.37. The second-order valence-corrected chi connectivity index (χ2v) is 5.18. The molecule has 0 aliphatic carbocycles. The molecule has 1 fully saturated rings. The minimum Gasteiger partial charge on any atom is -0.475 e. The molecule has 1 saturated heterocycles. The summed E-state index contributed by atoms with van der Waals surface area (Å²) in [6.45, 7) is 3.50. The highest BCUT2D eigenvalue weighted by Crippen LogP contribution is 2.28. The minimum absolute atomic E-state index is 0.124. The van der Waals surface area contributed by atoms with Crippen LogP contribution in [0.2, 0.25) is 0 Å². The molecule has 0 bridgehead atoms. The van der Waals surface area contributed by atoms with Crippen molar-refractivity contribution in [3.05, 3.63) is 17.5 Å². The Balaban J connectivity index is 1.87. The first-order chi connectivity index (χ1) is 9.61. The first kappa shape index (κ1) is 14.6. The molecule has 20 heavy (non-hydrogen) atoms. The Morgan fingerprint density at radius 2 is 2.15 bits per heavy atom. The van der Waals surface area contributed by atoms with Gasteiger partial charge in [-0.2, -0.15) is 0 Å². The molecule has 1 amide bonds. The summed E-state index contributed by atoms with van der Waals surface area (Å²) in [5.74, 6) is -0.823. The number of hydrogen-bond donors (Lipinski definition) is 1. The van der Waals surface area contributed by atoms with Crippen molar-refractivity contribution >= 4 is 11.9 Å². The Bertz CT molecular complexity index is 475. The highest BCUT2D eigenvalue weighted by molar-refractivity contribution is 5.84. The summed E-state index contributed by atoms with van der Waals surface area (Å²) in [6.07, 6.45) is 4.20. The van der Waals surface area contributed by atoms with E-state index in [4.69, 9.17) is 9.63 Å². The minimum atomic E-state index is -1.10. The van der Waals surface area contributed by atoms with E-state index in [1.54, 1.807) is 0 Å². The van der Waals surface area contributed by atoms with Crippen molar-refractivity contribution in [3.63, 3.8) is 0 Å². The first-order valence-corrected chi connectivity index (χ1v) is 7.09. The molecule has 6 heteroatoms. The largest absolute Gasteiger partial charge is 0.475 e. The van der Waals surface area contributed by atoms with Crippen LogP contribution in [-0.4, -0.2) is 40.1 Å². The van der Waals surface area contributed by atoms with Gasteiger partial charge in [-0.05, 0) is 19.3 Å². The van der Waals surface area contributed by atoms with Gasteiger partial charge in [-0.25, -0.2) is 4.79 Å². The molecule has 0 unspecified atom stereocenters. The quantitative estimate of drug-likeness (QED) is 0.894. The van der Waals surface area contributed by atoms with Gasteiger partial charge in [0.1, 0.15) is 0 Å². The van der Waals surface area contributed by atoms with Crippen LogP contribution in [0.3, 0.4) is 0 Å². The molecule has 0 saturated carbocycles. The number of nitrogens with zero attached hydrogens (tertiary/aromatic N) is 2. The zero-order valence-electron chi connectivity index (χ0n) is 11.7. The summed E-state index contributed by atoms with van der Waals surface area (Å²) in [5, 5.41) is 12.6. The van der Waals surface area contributed by atoms with Gasteiger partial charge in [0.2, 0.25) is 11.7 Å². The second kappa shape index (κ2) is 6.54. The second-order valence-electron chi connectivity index (χ2n) is 5.18. The molecule has 1 aromatic heterocycles. The molecule has 1 aliphatic rings. The average Bonchev–Trinajstić information content (AvgIpc) is 2.95. The topological polar surface area (TPSA) is 83.6 Å². The maximum absolute atomic E-state index is 11.9. The Kier molecular flexibility index (Phi) is 4.76. The van der Waals surface area contributed by atoms with Gasteiger partial charge in [0.15, 0.2) is 0 Å². The van der Waals surface area contributed by atoms with E-state index in [1.165, 1.54) is 6.07 Å². The normalized spacial score (nSPS) is 16.4. The third-order valence-electron chi connectivity index (χ3n) is 3.75. The van der Waals surface area contributed by atoms with Crippen LogP contribution in [0.5, 0.6) is 0 Å². The van der Waals surface area contributed by atoms with Crippen molar-refractivity contribution < 1.29 is 19.2 Å². The highest BCUT2D eigenvalue weighted by atomic mass is 16.5. The number of aromatic carboxylic acids is 1. The Hall–Kier alpha value is -1.85. The van der Waals surface area contributed by atoms with Crippen LogP contribution in [0.1, 0.15) is 61.2 Å². The summed E-state index contributed by atoms with van der Waals surface area (Å²) < 4.78 is 4.78. The van der Waals surface area contributed by atoms with Gasteiger partial charge in [-0.1, -0.05) is 18.5 Å². The third kappa shape index (κ3) is 3.37. The van der Waals surface area contributed by atoms with Crippen LogP contribution in [0, 0.1) is 0 Å². The predicted molar refractivity (Wildman–Crippen MR) is 71.5 cm³/mol. The van der Waals surface area contributed by atoms with Gasteiger partial charge in [-0.3, -0.25) is 4.79 Å². The zero-order chi connectivity index (χ0) is 14.5. The van der Waals surface area contributed by atoms with Crippen LogP contribution >= 0.6 is 0 Å². The molecule has 1 aromatic rings. The number of rotatable bonds is 5. The molecule has 0 atom stereocenters. The molecule has 1 N–H and O–H groups in total. The van der Waals surface area contributed by atoms with E-state index in [1.807, 2.05) is 4.90 Å². The van der Waals surface area contributed by atoms with Crippen molar-refractivity contribution in [2.24, 2.45) is 0 Å². The lowest BCUT2D eigenvalue weighted by Gasteiger charge is -2.31. The van der Waals surface area contributed by atoms with Gasteiger partial charge in [0, 0.05) is 31.5 Å². The summed E-state index contributed by atoms with van der Waals surface area (Å²) in [7, 11) is 0. The molecular formula is C14H20N2O4. The summed E-state index contributed by atoms with van der Waals surface area (Å²) in [5.41, 5.74) is 0.683. The summed E-state index contributed by atoms with van der Waals surface area (Å²) in [6, 6.07) is 1.49. The number of carboxylic acids is 1. The van der Waals surface area contributed by atoms with Gasteiger partial charge in [0.05, 0.1) is 5.69 Å². The lowest BCUT2D eigenvalue weighted by atomic mass is 9.93. The monoisotopic (exact) mass is 280 g/mol. The molecule has 1 aliphatic heterocycles. The number of amides is 1. The number of aromatic nitrogens is 1. The van der Waals surface area contributed by atoms with Crippen molar-refractivity contribution in [2.75, 3.05) is 13.1 Å². The molecule has 0 radical (unpaired) electrons. The van der Waals surface area contributed by atoms with E-state index < -0.39 is 5.97 Å². The van der Waals surface area contributed by atoms with E-state index in [0.29, 0.717) is 25.2 Å². The van der Waals surface area contributed by atoms with E-state index in [2.05, 4.69) is 12.1 Å². The molecule has 0 spiro atoms. The molecular weight excluding hydrogens is 260 g/mol. The van der Waals surface area contributed by atoms with Crippen LogP contribution in [0.4, 0.5) is 0 Å². The van der Waals surface area contributed by atoms with Crippen molar-refractivity contribution in [3.8, 4) is 0 Å². The number of carbonyl (C=O) groups excluding carboxylic acids is 1. The predicted octanol–water partition coefficient (Wildman–Crippen LogP) is 2.27. The number of piperidine rings is 1. The van der Waals surface area contributed by atoms with E-state index in [9.17, 15) is 9.59 Å². The van der Waals surface area contributed by atoms with Crippen LogP contribution in [0.15, 0.2) is 10.6 Å². The zero-order valence-corrected chi connectivity index (χ0v) is 11.7. The van der Waals surface area contributed by atoms with Gasteiger partial charge in [0.25, 0.3) is 0 Å². The fourth-order valence-corrected chi connectivity index (χ4v) is 2.49. The molecule has 6 nitrogen and oxygen atoms in total. The summed E-state index contributed by atoms with van der Waals surface area (Å²) in [4.78, 5) is 24.6. The smallest absolute Gasteiger partial charge is 0.374 e. The standard InChI is InChI=1S/C14H20N2O4/c1-2-3-4-13(17)16-7-5-10(6-8-16)11-9-12(14(18)19)20-15-11/h9-10H,2-8H2,1H3,(H,18,19). The Morgan fingerprint density at radius 1 is 1.45 bits per heavy atom. The Morgan fingerprint density at radius 3 is 2.70 bits per heavy atom. The fraction of sp³-hybridized carbons (Fsp3) is 0.643. The maximum Gasteiger partial charge on any atom is 0.374 e. The molecule has 2 rings (SSSR count). The van der Waals surface area contributed by atoms with Crippen molar-refractivity contribution in [1.29, 1.82) is 0 Å². The van der Waals surface area contributed by atoms with Crippen molar-refractivity contribution in [2.45, 2.75) is 44.9 Å². The van der Waals surface area contributed by atoms with Gasteiger partial charge >= 0.3 is 5.97 Å². The SMILES string of the molecule is CCCCC(=O)N1CCC(c2cc(C(=O)O)on2)CC1. The van der Waals surface area contributed by atoms with Crippen molar-refractivity contribution in [1.82, 2.24) is 10.1 Å². The van der Waals surface area contributed by atoms with Crippen LogP contribution < -0.4 is 0 Å². The molecule has 0 aromatic carbocycles.